The summed E-state index contributed by atoms with van der Waals surface area (Å²) in [7, 11) is 0. The number of benzene rings is 2. The average Bonchev–Trinajstić information content (AvgIpc) is 2.58. The molecule has 1 amide bonds. The lowest BCUT2D eigenvalue weighted by atomic mass is 10.1. The highest BCUT2D eigenvalue weighted by Crippen LogP contribution is 2.20. The van der Waals surface area contributed by atoms with Gasteiger partial charge in [0.2, 0.25) is 5.91 Å². The fraction of sp³-hybridized carbons (Fsp3) is 0.316. The first-order chi connectivity index (χ1) is 11.6. The minimum atomic E-state index is 0.0154. The number of nitrogens with one attached hydrogen (secondary N) is 1. The number of aryl methyl sites for hydroxylation is 1. The minimum absolute atomic E-state index is 0.0154. The average molecular weight is 344 g/mol. The molecule has 0 unspecified atom stereocenters. The van der Waals surface area contributed by atoms with Gasteiger partial charge in [0.15, 0.2) is 0 Å². The van der Waals surface area contributed by atoms with Crippen molar-refractivity contribution in [2.24, 2.45) is 0 Å². The van der Waals surface area contributed by atoms with E-state index in [1.165, 1.54) is 11.3 Å². The molecule has 4 nitrogen and oxygen atoms in total. The van der Waals surface area contributed by atoms with E-state index in [2.05, 4.69) is 46.3 Å². The molecule has 1 heterocycles. The third-order valence-corrected chi connectivity index (χ3v) is 4.58. The number of carbonyl (C=O) groups excluding carboxylic acids is 1. The molecule has 1 saturated heterocycles. The summed E-state index contributed by atoms with van der Waals surface area (Å²) in [5.41, 5.74) is 3.37. The van der Waals surface area contributed by atoms with Crippen LogP contribution in [0.25, 0.3) is 0 Å². The third-order valence-electron chi connectivity index (χ3n) is 4.32. The Balaban J connectivity index is 1.49. The highest BCUT2D eigenvalue weighted by Gasteiger charge is 2.20. The Morgan fingerprint density at radius 2 is 1.71 bits per heavy atom. The lowest BCUT2D eigenvalue weighted by molar-refractivity contribution is -0.117. The topological polar surface area (TPSA) is 35.6 Å². The first-order valence-electron chi connectivity index (χ1n) is 8.20. The van der Waals surface area contributed by atoms with Gasteiger partial charge < -0.3 is 10.2 Å². The van der Waals surface area contributed by atoms with Crippen molar-refractivity contribution >= 4 is 28.9 Å². The van der Waals surface area contributed by atoms with Crippen LogP contribution < -0.4 is 10.2 Å². The normalized spacial score (nSPS) is 15.3. The number of nitrogens with zero attached hydrogens (tertiary/aromatic N) is 2. The molecule has 24 heavy (non-hydrogen) atoms. The van der Waals surface area contributed by atoms with Crippen LogP contribution in [0.4, 0.5) is 11.4 Å². The van der Waals surface area contributed by atoms with Crippen LogP contribution in [0.5, 0.6) is 0 Å². The second-order valence-corrected chi connectivity index (χ2v) is 6.54. The molecule has 0 saturated carbocycles. The summed E-state index contributed by atoms with van der Waals surface area (Å²) in [6.07, 6.45) is 0. The standard InChI is InChI=1S/C19H22ClN3O/c1-15-4-2-3-5-18(15)23-12-10-22(11-13-23)14-19(24)21-17-8-6-16(20)7-9-17/h2-9H,10-14H2,1H3,(H,21,24). The summed E-state index contributed by atoms with van der Waals surface area (Å²) in [5, 5.41) is 3.58. The highest BCUT2D eigenvalue weighted by atomic mass is 35.5. The van der Waals surface area contributed by atoms with Gasteiger partial charge in [-0.2, -0.15) is 0 Å². The zero-order valence-electron chi connectivity index (χ0n) is 13.8. The van der Waals surface area contributed by atoms with Crippen LogP contribution in [0.3, 0.4) is 0 Å². The number of para-hydroxylation sites is 1. The van der Waals surface area contributed by atoms with Gasteiger partial charge in [0, 0.05) is 42.6 Å². The monoisotopic (exact) mass is 343 g/mol. The number of carbonyl (C=O) groups is 1. The molecular weight excluding hydrogens is 322 g/mol. The lowest BCUT2D eigenvalue weighted by Gasteiger charge is -2.36. The molecule has 0 aromatic heterocycles. The molecule has 1 N–H and O–H groups in total. The summed E-state index contributed by atoms with van der Waals surface area (Å²) in [6, 6.07) is 15.6. The fourth-order valence-electron chi connectivity index (χ4n) is 3.00. The Hall–Kier alpha value is -2.04. The van der Waals surface area contributed by atoms with Gasteiger partial charge in [-0.05, 0) is 42.8 Å². The number of rotatable bonds is 4. The summed E-state index contributed by atoms with van der Waals surface area (Å²) >= 11 is 5.85. The van der Waals surface area contributed by atoms with E-state index >= 15 is 0 Å². The molecule has 0 radical (unpaired) electrons. The van der Waals surface area contributed by atoms with Gasteiger partial charge in [0.05, 0.1) is 6.54 Å². The Morgan fingerprint density at radius 3 is 2.38 bits per heavy atom. The van der Waals surface area contributed by atoms with Crippen LogP contribution >= 0.6 is 11.6 Å². The molecule has 1 aliphatic rings. The summed E-state index contributed by atoms with van der Waals surface area (Å²) in [6.45, 7) is 6.23. The van der Waals surface area contributed by atoms with Crippen molar-refractivity contribution < 1.29 is 4.79 Å². The molecule has 126 valence electrons. The van der Waals surface area contributed by atoms with Crippen molar-refractivity contribution in [3.8, 4) is 0 Å². The summed E-state index contributed by atoms with van der Waals surface area (Å²) in [5.74, 6) is 0.0154. The van der Waals surface area contributed by atoms with E-state index in [0.717, 1.165) is 31.9 Å². The molecule has 1 fully saturated rings. The van der Waals surface area contributed by atoms with Crippen molar-refractivity contribution in [3.63, 3.8) is 0 Å². The molecule has 3 rings (SSSR count). The van der Waals surface area contributed by atoms with Gasteiger partial charge in [-0.1, -0.05) is 29.8 Å². The SMILES string of the molecule is Cc1ccccc1N1CCN(CC(=O)Nc2ccc(Cl)cc2)CC1. The fourth-order valence-corrected chi connectivity index (χ4v) is 3.13. The van der Waals surface area contributed by atoms with Crippen molar-refractivity contribution in [1.82, 2.24) is 4.90 Å². The van der Waals surface area contributed by atoms with Crippen molar-refractivity contribution in [2.45, 2.75) is 6.92 Å². The smallest absolute Gasteiger partial charge is 0.238 e. The molecule has 2 aromatic carbocycles. The van der Waals surface area contributed by atoms with Crippen molar-refractivity contribution in [1.29, 1.82) is 0 Å². The second kappa shape index (κ2) is 7.69. The molecule has 0 aliphatic carbocycles. The molecule has 5 heteroatoms. The van der Waals surface area contributed by atoms with E-state index in [1.807, 2.05) is 12.1 Å². The van der Waals surface area contributed by atoms with Crippen LogP contribution in [-0.2, 0) is 4.79 Å². The maximum Gasteiger partial charge on any atom is 0.238 e. The van der Waals surface area contributed by atoms with Crippen molar-refractivity contribution in [2.75, 3.05) is 42.9 Å². The highest BCUT2D eigenvalue weighted by molar-refractivity contribution is 6.30. The number of hydrogen-bond acceptors (Lipinski definition) is 3. The summed E-state index contributed by atoms with van der Waals surface area (Å²) < 4.78 is 0. The molecular formula is C19H22ClN3O. The molecule has 0 atom stereocenters. The maximum absolute atomic E-state index is 12.2. The number of hydrogen-bond donors (Lipinski definition) is 1. The van der Waals surface area contributed by atoms with Crippen LogP contribution in [0.1, 0.15) is 5.56 Å². The second-order valence-electron chi connectivity index (χ2n) is 6.10. The number of anilines is 2. The van der Waals surface area contributed by atoms with Gasteiger partial charge in [0.25, 0.3) is 0 Å². The maximum atomic E-state index is 12.2. The van der Waals surface area contributed by atoms with Gasteiger partial charge in [-0.25, -0.2) is 0 Å². The van der Waals surface area contributed by atoms with Gasteiger partial charge in [0.1, 0.15) is 0 Å². The first-order valence-corrected chi connectivity index (χ1v) is 8.58. The van der Waals surface area contributed by atoms with E-state index in [0.29, 0.717) is 11.6 Å². The zero-order chi connectivity index (χ0) is 16.9. The molecule has 0 bridgehead atoms. The summed E-state index contributed by atoms with van der Waals surface area (Å²) in [4.78, 5) is 16.8. The predicted molar refractivity (Wildman–Crippen MR) is 99.9 cm³/mol. The van der Waals surface area contributed by atoms with Crippen LogP contribution in [0.2, 0.25) is 5.02 Å². The van der Waals surface area contributed by atoms with E-state index in [4.69, 9.17) is 11.6 Å². The van der Waals surface area contributed by atoms with Gasteiger partial charge in [-0.15, -0.1) is 0 Å². The quantitative estimate of drug-likeness (QED) is 0.924. The Morgan fingerprint density at radius 1 is 1.04 bits per heavy atom. The van der Waals surface area contributed by atoms with E-state index in [9.17, 15) is 4.79 Å². The van der Waals surface area contributed by atoms with Crippen molar-refractivity contribution in [3.05, 3.63) is 59.1 Å². The Labute approximate surface area is 148 Å². The number of halogens is 1. The van der Waals surface area contributed by atoms with E-state index in [-0.39, 0.29) is 5.91 Å². The molecule has 1 aliphatic heterocycles. The lowest BCUT2D eigenvalue weighted by Crippen LogP contribution is -2.48. The Bertz CT molecular complexity index is 694. The van der Waals surface area contributed by atoms with E-state index in [1.54, 1.807) is 12.1 Å². The van der Waals surface area contributed by atoms with Gasteiger partial charge >= 0.3 is 0 Å². The van der Waals surface area contributed by atoms with Crippen LogP contribution in [0, 0.1) is 6.92 Å². The first kappa shape index (κ1) is 16.8. The molecule has 0 spiro atoms. The molecule has 2 aromatic rings. The van der Waals surface area contributed by atoms with Gasteiger partial charge in [-0.3, -0.25) is 9.69 Å². The zero-order valence-corrected chi connectivity index (χ0v) is 14.6. The third kappa shape index (κ3) is 4.28. The minimum Gasteiger partial charge on any atom is -0.369 e. The number of amides is 1. The number of piperazine rings is 1. The van der Waals surface area contributed by atoms with Crippen LogP contribution in [0.15, 0.2) is 48.5 Å². The Kier molecular flexibility index (Phi) is 5.38. The van der Waals surface area contributed by atoms with E-state index < -0.39 is 0 Å². The predicted octanol–water partition coefficient (Wildman–Crippen LogP) is 3.41. The largest absolute Gasteiger partial charge is 0.369 e. The van der Waals surface area contributed by atoms with Crippen LogP contribution in [-0.4, -0.2) is 43.5 Å².